The summed E-state index contributed by atoms with van der Waals surface area (Å²) >= 11 is 1.43. The van der Waals surface area contributed by atoms with Gasteiger partial charge in [-0.2, -0.15) is 8.42 Å². The first-order valence-electron chi connectivity index (χ1n) is 13.9. The number of fused-ring (bicyclic) bond motifs is 1. The van der Waals surface area contributed by atoms with E-state index in [0.717, 1.165) is 57.3 Å². The molecule has 0 bridgehead atoms. The van der Waals surface area contributed by atoms with Gasteiger partial charge in [-0.05, 0) is 40.2 Å². The van der Waals surface area contributed by atoms with Crippen molar-refractivity contribution in [2.75, 3.05) is 4.72 Å². The third kappa shape index (κ3) is 6.37. The number of rotatable bonds is 10. The summed E-state index contributed by atoms with van der Waals surface area (Å²) in [6.07, 6.45) is 3.13. The molecule has 41 heavy (non-hydrogen) atoms. The lowest BCUT2D eigenvalue weighted by Gasteiger charge is -2.12. The Morgan fingerprint density at radius 3 is 2.32 bits per heavy atom. The third-order valence-electron chi connectivity index (χ3n) is 7.05. The topological polar surface area (TPSA) is 81.1 Å². The van der Waals surface area contributed by atoms with Gasteiger partial charge in [-0.1, -0.05) is 99.7 Å². The minimum Gasteiger partial charge on any atom is -0.323 e. The van der Waals surface area contributed by atoms with Crippen molar-refractivity contribution in [1.82, 2.24) is 9.55 Å². The molecule has 0 saturated heterocycles. The number of sulfonamides is 1. The summed E-state index contributed by atoms with van der Waals surface area (Å²) in [6.45, 7) is 9.57. The molecule has 5 rings (SSSR count). The highest BCUT2D eigenvalue weighted by Gasteiger charge is 2.28. The highest BCUT2D eigenvalue weighted by Crippen LogP contribution is 2.35. The second-order valence-corrected chi connectivity index (χ2v) is 19.3. The van der Waals surface area contributed by atoms with Crippen molar-refractivity contribution in [3.8, 4) is 11.1 Å². The average molecular weight is 602 g/mol. The number of benzene rings is 3. The zero-order valence-corrected chi connectivity index (χ0v) is 26.5. The quantitative estimate of drug-likeness (QED) is 0.171. The Kier molecular flexibility index (Phi) is 8.31. The van der Waals surface area contributed by atoms with Crippen LogP contribution in [0.5, 0.6) is 0 Å². The van der Waals surface area contributed by atoms with E-state index in [9.17, 15) is 13.2 Å². The number of hydrogen-bond donors (Lipinski definition) is 1. The minimum atomic E-state index is -4.28. The summed E-state index contributed by atoms with van der Waals surface area (Å²) in [4.78, 5) is 17.8. The van der Waals surface area contributed by atoms with Gasteiger partial charge in [0, 0.05) is 24.1 Å². The molecular weight excluding hydrogens is 567 g/mol. The highest BCUT2D eigenvalue weighted by molar-refractivity contribution is 8.07. The molecule has 0 atom stereocenters. The lowest BCUT2D eigenvalue weighted by atomic mass is 10.1. The molecule has 0 aliphatic heterocycles. The second kappa shape index (κ2) is 11.8. The number of nitrogens with one attached hydrogen (secondary N) is 1. The monoisotopic (exact) mass is 601 g/mol. The van der Waals surface area contributed by atoms with E-state index < -0.39 is 23.2 Å². The summed E-state index contributed by atoms with van der Waals surface area (Å²) in [5, 5.41) is -0.462. The van der Waals surface area contributed by atoms with Gasteiger partial charge in [-0.3, -0.25) is 9.52 Å². The molecule has 3 aromatic carbocycles. The number of thiophene rings is 1. The van der Waals surface area contributed by atoms with Crippen LogP contribution in [-0.4, -0.2) is 31.2 Å². The maximum atomic E-state index is 13.1. The number of hydrogen-bond acceptors (Lipinski definition) is 5. The number of aromatic nitrogens is 2. The van der Waals surface area contributed by atoms with Gasteiger partial charge in [-0.15, -0.1) is 11.3 Å². The van der Waals surface area contributed by atoms with Gasteiger partial charge in [0.25, 0.3) is 5.12 Å². The van der Waals surface area contributed by atoms with Crippen molar-refractivity contribution in [2.24, 2.45) is 0 Å². The van der Waals surface area contributed by atoms with Crippen molar-refractivity contribution in [1.29, 1.82) is 0 Å². The molecule has 0 aliphatic rings. The number of anilines is 1. The smallest absolute Gasteiger partial charge is 0.301 e. The van der Waals surface area contributed by atoms with E-state index in [1.54, 1.807) is 18.2 Å². The molecule has 0 fully saturated rings. The predicted octanol–water partition coefficient (Wildman–Crippen LogP) is 7.28. The van der Waals surface area contributed by atoms with E-state index in [-0.39, 0.29) is 5.56 Å². The van der Waals surface area contributed by atoms with Crippen LogP contribution in [0, 0.1) is 0 Å². The molecule has 2 aromatic heterocycles. The number of unbranched alkanes of at least 4 members (excludes halogenated alkanes) is 1. The van der Waals surface area contributed by atoms with Gasteiger partial charge in [0.2, 0.25) is 0 Å². The van der Waals surface area contributed by atoms with E-state index in [0.29, 0.717) is 11.5 Å². The number of nitrogens with zero attached hydrogens (tertiary/aromatic N) is 2. The molecule has 0 aliphatic carbocycles. The molecule has 0 saturated carbocycles. The standard InChI is InChI=1S/C32H35N3O3S2Si/c1-5-6-16-29-33-27-14-10-11-15-28(27)35(29)22-23-17-19-24(20-18-23)26-21-30(41(2,3)4)39-31(26)34-40(37,38)32(36)25-12-8-7-9-13-25/h7-15,17-21,34H,5-6,16,22H2,1-4H3. The Balaban J connectivity index is 1.46. The van der Waals surface area contributed by atoms with E-state index in [1.807, 2.05) is 24.3 Å². The van der Waals surface area contributed by atoms with Crippen LogP contribution in [0.1, 0.15) is 41.5 Å². The number of carbonyl (C=O) groups is 1. The van der Waals surface area contributed by atoms with Crippen LogP contribution in [0.4, 0.5) is 5.00 Å². The zero-order chi connectivity index (χ0) is 29.2. The Morgan fingerprint density at radius 1 is 0.951 bits per heavy atom. The molecule has 2 heterocycles. The largest absolute Gasteiger partial charge is 0.323 e. The Bertz CT molecular complexity index is 1790. The normalized spacial score (nSPS) is 12.1. The molecule has 0 radical (unpaired) electrons. The van der Waals surface area contributed by atoms with Gasteiger partial charge in [0.1, 0.15) is 10.8 Å². The maximum absolute atomic E-state index is 13.1. The Hall–Kier alpha value is -3.53. The van der Waals surface area contributed by atoms with Crippen molar-refractivity contribution < 1.29 is 13.2 Å². The third-order valence-corrected chi connectivity index (χ3v) is 13.0. The first-order valence-corrected chi connectivity index (χ1v) is 19.7. The first kappa shape index (κ1) is 29.0. The predicted molar refractivity (Wildman–Crippen MR) is 173 cm³/mol. The average Bonchev–Trinajstić information content (AvgIpc) is 3.53. The van der Waals surface area contributed by atoms with E-state index in [4.69, 9.17) is 4.98 Å². The first-order chi connectivity index (χ1) is 19.6. The van der Waals surface area contributed by atoms with Crippen molar-refractivity contribution in [3.05, 3.63) is 102 Å². The van der Waals surface area contributed by atoms with Crippen molar-refractivity contribution >= 4 is 55.1 Å². The van der Waals surface area contributed by atoms with Gasteiger partial charge < -0.3 is 4.57 Å². The molecule has 0 unspecified atom stereocenters. The number of imidazole rings is 1. The number of aryl methyl sites for hydroxylation is 1. The van der Waals surface area contributed by atoms with E-state index in [2.05, 4.69) is 66.2 Å². The summed E-state index contributed by atoms with van der Waals surface area (Å²) in [5.41, 5.74) is 5.10. The van der Waals surface area contributed by atoms with Crippen LogP contribution in [0.25, 0.3) is 22.2 Å². The molecular formula is C32H35N3O3S2Si. The van der Waals surface area contributed by atoms with E-state index >= 15 is 0 Å². The zero-order valence-electron chi connectivity index (χ0n) is 23.8. The van der Waals surface area contributed by atoms with Crippen molar-refractivity contribution in [3.63, 3.8) is 0 Å². The van der Waals surface area contributed by atoms with Gasteiger partial charge >= 0.3 is 10.0 Å². The van der Waals surface area contributed by atoms with Crippen molar-refractivity contribution in [2.45, 2.75) is 52.4 Å². The van der Waals surface area contributed by atoms with Crippen LogP contribution in [0.2, 0.25) is 19.6 Å². The molecule has 5 aromatic rings. The van der Waals surface area contributed by atoms with Crippen LogP contribution >= 0.6 is 11.3 Å². The fourth-order valence-electron chi connectivity index (χ4n) is 4.75. The molecule has 212 valence electrons. The second-order valence-electron chi connectivity index (χ2n) is 11.3. The Labute approximate surface area is 247 Å². The lowest BCUT2D eigenvalue weighted by molar-refractivity contribution is 0.107. The number of carbonyl (C=O) groups excluding carboxylic acids is 1. The van der Waals surface area contributed by atoms with Crippen LogP contribution in [0.15, 0.2) is 84.9 Å². The molecule has 9 heteroatoms. The summed E-state index contributed by atoms with van der Waals surface area (Å²) in [6, 6.07) is 26.7. The minimum absolute atomic E-state index is 0.137. The highest BCUT2D eigenvalue weighted by atomic mass is 32.2. The summed E-state index contributed by atoms with van der Waals surface area (Å²) in [5.74, 6) is 1.09. The Morgan fingerprint density at radius 2 is 1.63 bits per heavy atom. The van der Waals surface area contributed by atoms with Crippen LogP contribution in [-0.2, 0) is 23.0 Å². The molecule has 6 nitrogen and oxygen atoms in total. The summed E-state index contributed by atoms with van der Waals surface area (Å²) in [7, 11) is -6.03. The van der Waals surface area contributed by atoms with E-state index in [1.165, 1.54) is 23.5 Å². The molecule has 1 N–H and O–H groups in total. The van der Waals surface area contributed by atoms with Crippen LogP contribution in [0.3, 0.4) is 0 Å². The number of para-hydroxylation sites is 2. The molecule has 0 amide bonds. The van der Waals surface area contributed by atoms with Gasteiger partial charge in [0.05, 0.1) is 19.1 Å². The lowest BCUT2D eigenvalue weighted by Crippen LogP contribution is -2.34. The fraction of sp³-hybridized carbons (Fsp3) is 0.250. The fourth-order valence-corrected chi connectivity index (χ4v) is 8.93. The van der Waals surface area contributed by atoms with Gasteiger partial charge in [0.15, 0.2) is 0 Å². The SMILES string of the molecule is CCCCc1nc2ccccc2n1Cc1ccc(-c2cc([Si](C)(C)C)sc2NS(=O)(=O)C(=O)c2ccccc2)cc1. The maximum Gasteiger partial charge on any atom is 0.301 e. The van der Waals surface area contributed by atoms with Crippen LogP contribution < -0.4 is 9.22 Å². The summed E-state index contributed by atoms with van der Waals surface area (Å²) < 4.78 is 32.4. The van der Waals surface area contributed by atoms with Gasteiger partial charge in [-0.25, -0.2) is 4.98 Å². The molecule has 0 spiro atoms.